The molecule has 0 radical (unpaired) electrons. The molecule has 1 atom stereocenters. The minimum absolute atomic E-state index is 0.122. The molecule has 1 unspecified atom stereocenters. The minimum atomic E-state index is -0.147. The molecule has 0 saturated carbocycles. The second kappa shape index (κ2) is 6.75. The lowest BCUT2D eigenvalue weighted by molar-refractivity contribution is -0.134. The highest BCUT2D eigenvalue weighted by Gasteiger charge is 2.28. The van der Waals surface area contributed by atoms with Gasteiger partial charge in [0.05, 0.1) is 0 Å². The second-order valence-electron chi connectivity index (χ2n) is 5.60. The molecule has 2 N–H and O–H groups in total. The van der Waals surface area contributed by atoms with Crippen LogP contribution in [0.3, 0.4) is 0 Å². The number of benzene rings is 1. The number of aryl methyl sites for hydroxylation is 1. The summed E-state index contributed by atoms with van der Waals surface area (Å²) in [5, 5.41) is 12.3. The van der Waals surface area contributed by atoms with E-state index in [1.54, 1.807) is 0 Å². The zero-order valence-electron chi connectivity index (χ0n) is 12.3. The van der Waals surface area contributed by atoms with Gasteiger partial charge in [-0.1, -0.05) is 18.2 Å². The van der Waals surface area contributed by atoms with Crippen molar-refractivity contribution < 1.29 is 9.90 Å². The Bertz CT molecular complexity index is 460. The van der Waals surface area contributed by atoms with Crippen molar-refractivity contribution in [1.29, 1.82) is 0 Å². The third-order valence-electron chi connectivity index (χ3n) is 3.81. The van der Waals surface area contributed by atoms with Crippen molar-refractivity contribution in [3.05, 3.63) is 29.8 Å². The Hall–Kier alpha value is -1.55. The zero-order chi connectivity index (χ0) is 14.5. The summed E-state index contributed by atoms with van der Waals surface area (Å²) in [6.07, 6.45) is 2.40. The van der Waals surface area contributed by atoms with Crippen molar-refractivity contribution in [2.75, 3.05) is 18.5 Å². The number of aliphatic hydroxyl groups excluding tert-OH is 1. The highest BCUT2D eigenvalue weighted by Crippen LogP contribution is 2.25. The SMILES string of the molecule is CC(C)N(CCCO)C(=O)C1CCc2ccccc2N1. The van der Waals surface area contributed by atoms with E-state index in [0.717, 1.165) is 18.5 Å². The molecule has 0 saturated heterocycles. The predicted molar refractivity (Wildman–Crippen MR) is 80.7 cm³/mol. The maximum atomic E-state index is 12.6. The standard InChI is InChI=1S/C16H24N2O2/c1-12(2)18(10-5-11-19)16(20)15-9-8-13-6-3-4-7-14(13)17-15/h3-4,6-7,12,15,17,19H,5,8-11H2,1-2H3. The number of rotatable bonds is 5. The zero-order valence-corrected chi connectivity index (χ0v) is 12.3. The Kier molecular flexibility index (Phi) is 5.01. The summed E-state index contributed by atoms with van der Waals surface area (Å²) >= 11 is 0. The van der Waals surface area contributed by atoms with Gasteiger partial charge in [-0.2, -0.15) is 0 Å². The number of hydrogen-bond acceptors (Lipinski definition) is 3. The largest absolute Gasteiger partial charge is 0.396 e. The first-order chi connectivity index (χ1) is 9.63. The van der Waals surface area contributed by atoms with Gasteiger partial charge in [0.15, 0.2) is 0 Å². The number of hydrogen-bond donors (Lipinski definition) is 2. The maximum Gasteiger partial charge on any atom is 0.245 e. The average Bonchev–Trinajstić information content (AvgIpc) is 2.46. The Labute approximate surface area is 120 Å². The summed E-state index contributed by atoms with van der Waals surface area (Å²) in [5.41, 5.74) is 2.35. The molecule has 1 aliphatic heterocycles. The molecule has 4 nitrogen and oxygen atoms in total. The highest BCUT2D eigenvalue weighted by atomic mass is 16.3. The van der Waals surface area contributed by atoms with Gasteiger partial charge in [-0.25, -0.2) is 0 Å². The molecule has 20 heavy (non-hydrogen) atoms. The van der Waals surface area contributed by atoms with Crippen molar-refractivity contribution >= 4 is 11.6 Å². The third-order valence-corrected chi connectivity index (χ3v) is 3.81. The quantitative estimate of drug-likeness (QED) is 0.865. The van der Waals surface area contributed by atoms with E-state index in [2.05, 4.69) is 11.4 Å². The molecule has 0 aliphatic carbocycles. The number of anilines is 1. The lowest BCUT2D eigenvalue weighted by Gasteiger charge is -2.33. The van der Waals surface area contributed by atoms with E-state index in [4.69, 9.17) is 5.11 Å². The van der Waals surface area contributed by atoms with Gasteiger partial charge in [-0.3, -0.25) is 4.79 Å². The molecular formula is C16H24N2O2. The smallest absolute Gasteiger partial charge is 0.245 e. The monoisotopic (exact) mass is 276 g/mol. The first kappa shape index (κ1) is 14.9. The van der Waals surface area contributed by atoms with Crippen LogP contribution in [-0.4, -0.2) is 41.1 Å². The van der Waals surface area contributed by atoms with Gasteiger partial charge in [0.1, 0.15) is 6.04 Å². The van der Waals surface area contributed by atoms with Gasteiger partial charge in [-0.05, 0) is 44.7 Å². The van der Waals surface area contributed by atoms with Gasteiger partial charge in [0.25, 0.3) is 0 Å². The lowest BCUT2D eigenvalue weighted by atomic mass is 9.97. The van der Waals surface area contributed by atoms with Crippen LogP contribution < -0.4 is 5.32 Å². The van der Waals surface area contributed by atoms with Gasteiger partial charge < -0.3 is 15.3 Å². The first-order valence-electron chi connectivity index (χ1n) is 7.39. The third kappa shape index (κ3) is 3.31. The fourth-order valence-corrected chi connectivity index (χ4v) is 2.69. The first-order valence-corrected chi connectivity index (χ1v) is 7.39. The Morgan fingerprint density at radius 2 is 2.20 bits per heavy atom. The Balaban J connectivity index is 2.06. The number of para-hydroxylation sites is 1. The summed E-state index contributed by atoms with van der Waals surface area (Å²) in [6, 6.07) is 8.17. The van der Waals surface area contributed by atoms with Crippen molar-refractivity contribution in [2.24, 2.45) is 0 Å². The normalized spacial score (nSPS) is 17.5. The minimum Gasteiger partial charge on any atom is -0.396 e. The highest BCUT2D eigenvalue weighted by molar-refractivity contribution is 5.86. The molecule has 0 spiro atoms. The van der Waals surface area contributed by atoms with E-state index in [9.17, 15) is 4.79 Å². The van der Waals surface area contributed by atoms with Crippen molar-refractivity contribution in [3.8, 4) is 0 Å². The molecule has 1 aromatic carbocycles. The molecule has 0 aromatic heterocycles. The molecule has 110 valence electrons. The van der Waals surface area contributed by atoms with Gasteiger partial charge in [0, 0.05) is 24.9 Å². The topological polar surface area (TPSA) is 52.6 Å². The van der Waals surface area contributed by atoms with Crippen LogP contribution in [0.15, 0.2) is 24.3 Å². The molecule has 0 fully saturated rings. The number of nitrogens with zero attached hydrogens (tertiary/aromatic N) is 1. The van der Waals surface area contributed by atoms with E-state index in [-0.39, 0.29) is 24.6 Å². The van der Waals surface area contributed by atoms with Crippen LogP contribution in [0, 0.1) is 0 Å². The molecule has 1 aliphatic rings. The summed E-state index contributed by atoms with van der Waals surface area (Å²) < 4.78 is 0. The van der Waals surface area contributed by atoms with E-state index in [1.807, 2.05) is 36.9 Å². The van der Waals surface area contributed by atoms with E-state index >= 15 is 0 Å². The van der Waals surface area contributed by atoms with Crippen molar-refractivity contribution in [3.63, 3.8) is 0 Å². The summed E-state index contributed by atoms with van der Waals surface area (Å²) in [5.74, 6) is 0.142. The van der Waals surface area contributed by atoms with Crippen LogP contribution in [0.5, 0.6) is 0 Å². The van der Waals surface area contributed by atoms with Gasteiger partial charge in [0.2, 0.25) is 5.91 Å². The number of aliphatic hydroxyl groups is 1. The van der Waals surface area contributed by atoms with E-state index in [1.165, 1.54) is 5.56 Å². The summed E-state index contributed by atoms with van der Waals surface area (Å²) in [6.45, 7) is 4.78. The Morgan fingerprint density at radius 1 is 1.45 bits per heavy atom. The maximum absolute atomic E-state index is 12.6. The number of fused-ring (bicyclic) bond motifs is 1. The number of nitrogens with one attached hydrogen (secondary N) is 1. The predicted octanol–water partition coefficient (Wildman–Crippen LogP) is 2.03. The molecule has 1 heterocycles. The van der Waals surface area contributed by atoms with Crippen LogP contribution in [0.25, 0.3) is 0 Å². The fraction of sp³-hybridized carbons (Fsp3) is 0.562. The fourth-order valence-electron chi connectivity index (χ4n) is 2.69. The van der Waals surface area contributed by atoms with E-state index < -0.39 is 0 Å². The second-order valence-corrected chi connectivity index (χ2v) is 5.60. The van der Waals surface area contributed by atoms with Gasteiger partial charge >= 0.3 is 0 Å². The van der Waals surface area contributed by atoms with Crippen molar-refractivity contribution in [2.45, 2.75) is 45.2 Å². The summed E-state index contributed by atoms with van der Waals surface area (Å²) in [4.78, 5) is 14.5. The van der Waals surface area contributed by atoms with Gasteiger partial charge in [-0.15, -0.1) is 0 Å². The molecule has 4 heteroatoms. The number of amides is 1. The van der Waals surface area contributed by atoms with Crippen LogP contribution in [0.1, 0.15) is 32.3 Å². The molecule has 1 aromatic rings. The Morgan fingerprint density at radius 3 is 2.90 bits per heavy atom. The van der Waals surface area contributed by atoms with Crippen LogP contribution in [-0.2, 0) is 11.2 Å². The lowest BCUT2D eigenvalue weighted by Crippen LogP contribution is -2.48. The van der Waals surface area contributed by atoms with E-state index in [0.29, 0.717) is 13.0 Å². The average molecular weight is 276 g/mol. The van der Waals surface area contributed by atoms with Crippen LogP contribution in [0.2, 0.25) is 0 Å². The number of carbonyl (C=O) groups is 1. The number of carbonyl (C=O) groups excluding carboxylic acids is 1. The molecule has 2 rings (SSSR count). The van der Waals surface area contributed by atoms with Crippen molar-refractivity contribution in [1.82, 2.24) is 4.90 Å². The van der Waals surface area contributed by atoms with Crippen LogP contribution in [0.4, 0.5) is 5.69 Å². The molecular weight excluding hydrogens is 252 g/mol. The molecule has 1 amide bonds. The summed E-state index contributed by atoms with van der Waals surface area (Å²) in [7, 11) is 0. The molecule has 0 bridgehead atoms. The van der Waals surface area contributed by atoms with Crippen LogP contribution >= 0.6 is 0 Å².